The van der Waals surface area contributed by atoms with E-state index in [1.807, 2.05) is 0 Å². The maximum absolute atomic E-state index is 14.6. The molecule has 3 saturated heterocycles. The average molecular weight is 454 g/mol. The average Bonchev–Trinajstić information content (AvgIpc) is 2.62. The fourth-order valence-corrected chi connectivity index (χ4v) is 5.50. The minimum absolute atomic E-state index is 0.0510. The number of hydrogen-bond donors (Lipinski definition) is 1. The Morgan fingerprint density at radius 3 is 2.48 bits per heavy atom. The molecule has 1 saturated carbocycles. The number of halogens is 4. The van der Waals surface area contributed by atoms with Crippen LogP contribution in [-0.2, 0) is 14.3 Å². The van der Waals surface area contributed by atoms with Crippen molar-refractivity contribution in [1.29, 1.82) is 0 Å². The van der Waals surface area contributed by atoms with Crippen LogP contribution in [0, 0.1) is 11.8 Å². The number of nitrogens with zero attached hydrogens (tertiary/aromatic N) is 2. The molecule has 0 aromatic heterocycles. The molecule has 0 spiro atoms. The first-order valence-corrected chi connectivity index (χ1v) is 11.2. The van der Waals surface area contributed by atoms with Crippen molar-refractivity contribution >= 4 is 35.0 Å². The second kappa shape index (κ2) is 8.81. The summed E-state index contributed by atoms with van der Waals surface area (Å²) in [5, 5.41) is 2.08. The second-order valence-electron chi connectivity index (χ2n) is 8.67. The molecule has 1 N–H and O–H groups in total. The van der Waals surface area contributed by atoms with E-state index in [-0.39, 0.29) is 42.0 Å². The highest BCUT2D eigenvalue weighted by atomic mass is 35.5. The SMILES string of the molecule is O=C1[C@@H](C2COC2)N(CC2CCC(F)C(Cl)C2)C(=O)CN1C1NCC(Cl)CC1F. The second-order valence-corrected chi connectivity index (χ2v) is 9.85. The van der Waals surface area contributed by atoms with Crippen molar-refractivity contribution in [3.05, 3.63) is 0 Å². The highest BCUT2D eigenvalue weighted by Crippen LogP contribution is 2.34. The number of nitrogens with one attached hydrogen (secondary N) is 1. The summed E-state index contributed by atoms with van der Waals surface area (Å²) in [5.41, 5.74) is 0. The Labute approximate surface area is 179 Å². The van der Waals surface area contributed by atoms with E-state index in [4.69, 9.17) is 27.9 Å². The molecule has 6 nitrogen and oxygen atoms in total. The summed E-state index contributed by atoms with van der Waals surface area (Å²) in [6, 6.07) is -0.676. The Morgan fingerprint density at radius 2 is 1.86 bits per heavy atom. The maximum Gasteiger partial charge on any atom is 0.247 e. The van der Waals surface area contributed by atoms with E-state index in [2.05, 4.69) is 5.32 Å². The van der Waals surface area contributed by atoms with Crippen LogP contribution >= 0.6 is 23.2 Å². The Bertz CT molecular complexity index is 642. The molecule has 7 atom stereocenters. The Morgan fingerprint density at radius 1 is 1.10 bits per heavy atom. The van der Waals surface area contributed by atoms with Gasteiger partial charge in [-0.2, -0.15) is 0 Å². The van der Waals surface area contributed by atoms with Crippen molar-refractivity contribution < 1.29 is 23.1 Å². The first-order chi connectivity index (χ1) is 13.8. The molecule has 0 bridgehead atoms. The van der Waals surface area contributed by atoms with Gasteiger partial charge < -0.3 is 14.5 Å². The molecule has 3 heterocycles. The van der Waals surface area contributed by atoms with Crippen LogP contribution in [0.3, 0.4) is 0 Å². The van der Waals surface area contributed by atoms with Gasteiger partial charge in [-0.25, -0.2) is 8.78 Å². The van der Waals surface area contributed by atoms with Crippen molar-refractivity contribution in [3.63, 3.8) is 0 Å². The van der Waals surface area contributed by atoms with Crippen LogP contribution in [0.25, 0.3) is 0 Å². The van der Waals surface area contributed by atoms with Crippen LogP contribution in [-0.4, -0.2) is 89.8 Å². The minimum atomic E-state index is -1.33. The van der Waals surface area contributed by atoms with E-state index < -0.39 is 29.9 Å². The number of ether oxygens (including phenoxy) is 1. The number of piperidine rings is 1. The molecule has 4 fully saturated rings. The molecule has 0 aromatic rings. The van der Waals surface area contributed by atoms with Gasteiger partial charge in [-0.15, -0.1) is 23.2 Å². The molecule has 29 heavy (non-hydrogen) atoms. The van der Waals surface area contributed by atoms with Crippen LogP contribution < -0.4 is 5.32 Å². The molecule has 0 radical (unpaired) electrons. The zero-order valence-corrected chi connectivity index (χ0v) is 17.6. The van der Waals surface area contributed by atoms with Gasteiger partial charge in [0.25, 0.3) is 0 Å². The fraction of sp³-hybridized carbons (Fsp3) is 0.895. The van der Waals surface area contributed by atoms with Gasteiger partial charge >= 0.3 is 0 Å². The highest BCUT2D eigenvalue weighted by Gasteiger charge is 2.50. The molecule has 3 aliphatic heterocycles. The summed E-state index contributed by atoms with van der Waals surface area (Å²) < 4.78 is 33.6. The van der Waals surface area contributed by atoms with Gasteiger partial charge in [0.1, 0.15) is 31.1 Å². The van der Waals surface area contributed by atoms with E-state index in [1.54, 1.807) is 4.90 Å². The third-order valence-electron chi connectivity index (χ3n) is 6.57. The summed E-state index contributed by atoms with van der Waals surface area (Å²) in [4.78, 5) is 29.3. The number of amides is 2. The lowest BCUT2D eigenvalue weighted by atomic mass is 9.85. The molecule has 4 aliphatic rings. The van der Waals surface area contributed by atoms with E-state index >= 15 is 0 Å². The Balaban J connectivity index is 1.50. The van der Waals surface area contributed by atoms with Gasteiger partial charge in [-0.05, 0) is 31.6 Å². The monoisotopic (exact) mass is 453 g/mol. The zero-order chi connectivity index (χ0) is 20.7. The lowest BCUT2D eigenvalue weighted by Crippen LogP contribution is -2.70. The molecule has 2 amide bonds. The smallest absolute Gasteiger partial charge is 0.247 e. The van der Waals surface area contributed by atoms with Gasteiger partial charge in [0, 0.05) is 24.4 Å². The van der Waals surface area contributed by atoms with Gasteiger partial charge in [0.2, 0.25) is 11.8 Å². The number of hydrogen-bond acceptors (Lipinski definition) is 4. The molecule has 6 unspecified atom stereocenters. The standard InChI is InChI=1S/C19H27Cl2F2N3O3/c20-12-4-15(23)18(24-5-12)26-7-16(27)25(17(19(26)28)11-8-29-9-11)6-10-1-2-14(22)13(21)3-10/h10-15,17-18,24H,1-9H2/t10?,12?,13?,14?,15?,17-,18?/m1/s1. The third kappa shape index (κ3) is 4.36. The van der Waals surface area contributed by atoms with Crippen LogP contribution in [0.1, 0.15) is 25.7 Å². The number of carbonyl (C=O) groups excluding carboxylic acids is 2. The normalized spacial score (nSPS) is 42.1. The molecule has 164 valence electrons. The van der Waals surface area contributed by atoms with E-state index in [0.29, 0.717) is 45.6 Å². The lowest BCUT2D eigenvalue weighted by molar-refractivity contribution is -0.173. The van der Waals surface area contributed by atoms with Crippen molar-refractivity contribution in [2.45, 2.75) is 61.0 Å². The number of carbonyl (C=O) groups is 2. The van der Waals surface area contributed by atoms with Gasteiger partial charge in [-0.1, -0.05) is 0 Å². The molecule has 4 rings (SSSR count). The minimum Gasteiger partial charge on any atom is -0.380 e. The Kier molecular flexibility index (Phi) is 6.54. The predicted octanol–water partition coefficient (Wildman–Crippen LogP) is 1.68. The summed E-state index contributed by atoms with van der Waals surface area (Å²) in [6.07, 6.45) is -1.58. The van der Waals surface area contributed by atoms with Gasteiger partial charge in [0.05, 0.1) is 18.6 Å². The molecule has 0 aromatic carbocycles. The van der Waals surface area contributed by atoms with Crippen molar-refractivity contribution in [1.82, 2.24) is 15.1 Å². The first kappa shape index (κ1) is 21.5. The summed E-state index contributed by atoms with van der Waals surface area (Å²) in [5.74, 6) is -0.527. The van der Waals surface area contributed by atoms with Crippen molar-refractivity contribution in [2.75, 3.05) is 32.8 Å². The van der Waals surface area contributed by atoms with Crippen LogP contribution in [0.4, 0.5) is 8.78 Å². The van der Waals surface area contributed by atoms with E-state index in [9.17, 15) is 18.4 Å². The first-order valence-electron chi connectivity index (χ1n) is 10.3. The number of rotatable bonds is 4. The fourth-order valence-electron chi connectivity index (χ4n) is 4.86. The lowest BCUT2D eigenvalue weighted by Gasteiger charge is -2.50. The predicted molar refractivity (Wildman–Crippen MR) is 104 cm³/mol. The quantitative estimate of drug-likeness (QED) is 0.657. The summed E-state index contributed by atoms with van der Waals surface area (Å²) >= 11 is 12.1. The summed E-state index contributed by atoms with van der Waals surface area (Å²) in [6.45, 7) is 1.37. The van der Waals surface area contributed by atoms with Crippen LogP contribution in [0.2, 0.25) is 0 Å². The van der Waals surface area contributed by atoms with Crippen LogP contribution in [0.15, 0.2) is 0 Å². The third-order valence-corrected chi connectivity index (χ3v) is 7.36. The Hall–Kier alpha value is -0.700. The summed E-state index contributed by atoms with van der Waals surface area (Å²) in [7, 11) is 0. The largest absolute Gasteiger partial charge is 0.380 e. The zero-order valence-electron chi connectivity index (χ0n) is 16.1. The topological polar surface area (TPSA) is 61.9 Å². The maximum atomic E-state index is 14.6. The molecule has 1 aliphatic carbocycles. The van der Waals surface area contributed by atoms with Crippen LogP contribution in [0.5, 0.6) is 0 Å². The van der Waals surface area contributed by atoms with Gasteiger partial charge in [-0.3, -0.25) is 14.9 Å². The number of alkyl halides is 4. The van der Waals surface area contributed by atoms with E-state index in [1.165, 1.54) is 4.90 Å². The van der Waals surface area contributed by atoms with E-state index in [0.717, 1.165) is 0 Å². The number of piperazine rings is 1. The van der Waals surface area contributed by atoms with Crippen molar-refractivity contribution in [3.8, 4) is 0 Å². The molecular formula is C19H27Cl2F2N3O3. The highest BCUT2D eigenvalue weighted by molar-refractivity contribution is 6.21. The van der Waals surface area contributed by atoms with Crippen molar-refractivity contribution in [2.24, 2.45) is 11.8 Å². The molecular weight excluding hydrogens is 427 g/mol. The van der Waals surface area contributed by atoms with Gasteiger partial charge in [0.15, 0.2) is 0 Å². The molecule has 10 heteroatoms.